The average molecular weight is 462 g/mol. The number of para-hydroxylation sites is 1. The van der Waals surface area contributed by atoms with Crippen molar-refractivity contribution in [3.8, 4) is 0 Å². The summed E-state index contributed by atoms with van der Waals surface area (Å²) in [6.07, 6.45) is 0.473. The van der Waals surface area contributed by atoms with Gasteiger partial charge in [-0.25, -0.2) is 0 Å². The topological polar surface area (TPSA) is 187 Å². The van der Waals surface area contributed by atoms with Crippen LogP contribution >= 0.6 is 0 Å². The first-order valence-corrected chi connectivity index (χ1v) is 10.6. The molecule has 0 spiro atoms. The van der Waals surface area contributed by atoms with Gasteiger partial charge in [-0.05, 0) is 24.5 Å². The fourth-order valence-electron chi connectivity index (χ4n) is 3.23. The molecule has 3 amide bonds. The van der Waals surface area contributed by atoms with Crippen molar-refractivity contribution in [1.29, 1.82) is 0 Å². The molecule has 1 aromatic heterocycles. The van der Waals surface area contributed by atoms with Gasteiger partial charge in [-0.15, -0.1) is 0 Å². The van der Waals surface area contributed by atoms with E-state index < -0.39 is 54.5 Å². The lowest BCUT2D eigenvalue weighted by Gasteiger charge is -2.26. The summed E-state index contributed by atoms with van der Waals surface area (Å²) in [5.41, 5.74) is 7.38. The van der Waals surface area contributed by atoms with E-state index >= 15 is 0 Å². The minimum atomic E-state index is -1.36. The van der Waals surface area contributed by atoms with Crippen LogP contribution in [0.3, 0.4) is 0 Å². The number of carbonyl (C=O) groups is 4. The highest BCUT2D eigenvalue weighted by atomic mass is 16.4. The van der Waals surface area contributed by atoms with Crippen LogP contribution < -0.4 is 21.7 Å². The number of aliphatic carboxylic acids is 1. The SMILES string of the molecule is CC(C)C(N)C(=O)NC(C(=O)NC(Cc1c[nH]c2ccccc12)C(=O)NCC(=O)O)C(C)O. The monoisotopic (exact) mass is 461 g/mol. The molecular formula is C22H31N5O6. The van der Waals surface area contributed by atoms with Crippen LogP contribution in [0, 0.1) is 5.92 Å². The second kappa shape index (κ2) is 11.4. The Balaban J connectivity index is 2.23. The summed E-state index contributed by atoms with van der Waals surface area (Å²) in [6, 6.07) is 3.97. The fraction of sp³-hybridized carbons (Fsp3) is 0.455. The Morgan fingerprint density at radius 2 is 1.70 bits per heavy atom. The van der Waals surface area contributed by atoms with Crippen molar-refractivity contribution in [2.75, 3.05) is 6.54 Å². The summed E-state index contributed by atoms with van der Waals surface area (Å²) in [6.45, 7) is 4.18. The smallest absolute Gasteiger partial charge is 0.322 e. The van der Waals surface area contributed by atoms with Crippen LogP contribution in [0.5, 0.6) is 0 Å². The summed E-state index contributed by atoms with van der Waals surface area (Å²) < 4.78 is 0. The molecule has 11 heteroatoms. The molecule has 2 aromatic rings. The number of nitrogens with one attached hydrogen (secondary N) is 4. The highest BCUT2D eigenvalue weighted by Crippen LogP contribution is 2.19. The van der Waals surface area contributed by atoms with E-state index in [1.54, 1.807) is 20.0 Å². The van der Waals surface area contributed by atoms with Gasteiger partial charge in [0.2, 0.25) is 17.7 Å². The van der Waals surface area contributed by atoms with E-state index in [4.69, 9.17) is 10.8 Å². The highest BCUT2D eigenvalue weighted by molar-refractivity contribution is 5.94. The van der Waals surface area contributed by atoms with Gasteiger partial charge < -0.3 is 36.9 Å². The molecular weight excluding hydrogens is 430 g/mol. The number of hydrogen-bond donors (Lipinski definition) is 7. The molecule has 2 rings (SSSR count). The number of amides is 3. The van der Waals surface area contributed by atoms with E-state index in [1.165, 1.54) is 6.92 Å². The van der Waals surface area contributed by atoms with Gasteiger partial charge in [0, 0.05) is 23.5 Å². The third kappa shape index (κ3) is 7.02. The molecule has 8 N–H and O–H groups in total. The average Bonchev–Trinajstić information content (AvgIpc) is 3.16. The van der Waals surface area contributed by atoms with Crippen LogP contribution in [0.15, 0.2) is 30.5 Å². The van der Waals surface area contributed by atoms with Crippen LogP contribution in [0.1, 0.15) is 26.3 Å². The number of aliphatic hydroxyl groups excluding tert-OH is 1. The molecule has 11 nitrogen and oxygen atoms in total. The number of hydrogen-bond acceptors (Lipinski definition) is 6. The van der Waals surface area contributed by atoms with Crippen LogP contribution in [0.2, 0.25) is 0 Å². The molecule has 33 heavy (non-hydrogen) atoms. The van der Waals surface area contributed by atoms with Crippen LogP contribution in [-0.4, -0.2) is 69.7 Å². The number of nitrogens with two attached hydrogens (primary N) is 1. The van der Waals surface area contributed by atoms with Gasteiger partial charge >= 0.3 is 5.97 Å². The molecule has 0 aliphatic rings. The number of carbonyl (C=O) groups excluding carboxylic acids is 3. The van der Waals surface area contributed by atoms with Crippen LogP contribution in [-0.2, 0) is 25.6 Å². The number of aromatic amines is 1. The lowest BCUT2D eigenvalue weighted by molar-refractivity contribution is -0.138. The van der Waals surface area contributed by atoms with Crippen molar-refractivity contribution in [2.24, 2.45) is 11.7 Å². The van der Waals surface area contributed by atoms with E-state index in [0.717, 1.165) is 16.5 Å². The lowest BCUT2D eigenvalue weighted by Crippen LogP contribution is -2.60. The highest BCUT2D eigenvalue weighted by Gasteiger charge is 2.32. The van der Waals surface area contributed by atoms with Crippen molar-refractivity contribution < 1.29 is 29.4 Å². The Bertz CT molecular complexity index is 1000. The molecule has 0 aliphatic carbocycles. The molecule has 1 heterocycles. The number of fused-ring (bicyclic) bond motifs is 1. The Hall–Kier alpha value is -3.44. The first kappa shape index (κ1) is 25.8. The zero-order chi connectivity index (χ0) is 24.7. The van der Waals surface area contributed by atoms with E-state index in [-0.39, 0.29) is 12.3 Å². The van der Waals surface area contributed by atoms with Gasteiger partial charge in [0.05, 0.1) is 12.1 Å². The zero-order valence-corrected chi connectivity index (χ0v) is 18.8. The van der Waals surface area contributed by atoms with Gasteiger partial charge in [-0.2, -0.15) is 0 Å². The number of benzene rings is 1. The largest absolute Gasteiger partial charge is 0.480 e. The maximum atomic E-state index is 12.9. The predicted molar refractivity (Wildman–Crippen MR) is 121 cm³/mol. The van der Waals surface area contributed by atoms with E-state index in [0.29, 0.717) is 0 Å². The van der Waals surface area contributed by atoms with Gasteiger partial charge in [-0.1, -0.05) is 32.0 Å². The fourth-order valence-corrected chi connectivity index (χ4v) is 3.23. The molecule has 1 aromatic carbocycles. The van der Waals surface area contributed by atoms with Crippen molar-refractivity contribution in [3.63, 3.8) is 0 Å². The Morgan fingerprint density at radius 3 is 2.30 bits per heavy atom. The van der Waals surface area contributed by atoms with Crippen molar-refractivity contribution in [3.05, 3.63) is 36.0 Å². The zero-order valence-electron chi connectivity index (χ0n) is 18.8. The number of rotatable bonds is 11. The number of carboxylic acid groups (broad SMARTS) is 1. The molecule has 0 fully saturated rings. The summed E-state index contributed by atoms with van der Waals surface area (Å²) >= 11 is 0. The number of carboxylic acids is 1. The Morgan fingerprint density at radius 1 is 1.03 bits per heavy atom. The normalized spacial score (nSPS) is 14.8. The van der Waals surface area contributed by atoms with Gasteiger partial charge in [0.1, 0.15) is 18.6 Å². The molecule has 4 unspecified atom stereocenters. The minimum Gasteiger partial charge on any atom is -0.480 e. The number of aromatic nitrogens is 1. The molecule has 0 saturated heterocycles. The first-order chi connectivity index (χ1) is 15.5. The molecule has 0 radical (unpaired) electrons. The van der Waals surface area contributed by atoms with Gasteiger partial charge in [0.25, 0.3) is 0 Å². The summed E-state index contributed by atoms with van der Waals surface area (Å²) in [7, 11) is 0. The van der Waals surface area contributed by atoms with E-state index in [9.17, 15) is 24.3 Å². The third-order valence-electron chi connectivity index (χ3n) is 5.23. The Kier molecular flexibility index (Phi) is 8.94. The van der Waals surface area contributed by atoms with Gasteiger partial charge in [-0.3, -0.25) is 19.2 Å². The van der Waals surface area contributed by atoms with Crippen LogP contribution in [0.25, 0.3) is 10.9 Å². The van der Waals surface area contributed by atoms with Crippen molar-refractivity contribution in [1.82, 2.24) is 20.9 Å². The van der Waals surface area contributed by atoms with E-state index in [1.807, 2.05) is 24.3 Å². The van der Waals surface area contributed by atoms with Crippen molar-refractivity contribution in [2.45, 2.75) is 51.4 Å². The van der Waals surface area contributed by atoms with E-state index in [2.05, 4.69) is 20.9 Å². The quantitative estimate of drug-likeness (QED) is 0.229. The maximum Gasteiger partial charge on any atom is 0.322 e. The molecule has 4 atom stereocenters. The third-order valence-corrected chi connectivity index (χ3v) is 5.23. The summed E-state index contributed by atoms with van der Waals surface area (Å²) in [5, 5.41) is 27.0. The summed E-state index contributed by atoms with van der Waals surface area (Å²) in [4.78, 5) is 51.9. The maximum absolute atomic E-state index is 12.9. The Labute approximate surface area is 191 Å². The molecule has 0 aliphatic heterocycles. The number of H-pyrrole nitrogens is 1. The van der Waals surface area contributed by atoms with Crippen molar-refractivity contribution >= 4 is 34.6 Å². The molecule has 0 bridgehead atoms. The summed E-state index contributed by atoms with van der Waals surface area (Å²) in [5.74, 6) is -3.57. The molecule has 0 saturated carbocycles. The second-order valence-electron chi connectivity index (χ2n) is 8.23. The second-order valence-corrected chi connectivity index (χ2v) is 8.23. The standard InChI is InChI=1S/C22H31N5O6/c1-11(2)18(23)21(32)27-19(12(3)28)22(33)26-16(20(31)25-10-17(29)30)8-13-9-24-15-7-5-4-6-14(13)15/h4-7,9,11-12,16,18-19,24,28H,8,10,23H2,1-3H3,(H,25,31)(H,26,33)(H,27,32)(H,29,30). The lowest BCUT2D eigenvalue weighted by atomic mass is 10.0. The predicted octanol–water partition coefficient (Wildman–Crippen LogP) is -0.755. The minimum absolute atomic E-state index is 0.0488. The van der Waals surface area contributed by atoms with Crippen LogP contribution in [0.4, 0.5) is 0 Å². The number of aliphatic hydroxyl groups is 1. The van der Waals surface area contributed by atoms with Gasteiger partial charge in [0.15, 0.2) is 0 Å². The molecule has 180 valence electrons. The first-order valence-electron chi connectivity index (χ1n) is 10.6.